The van der Waals surface area contributed by atoms with Crippen molar-refractivity contribution in [3.05, 3.63) is 67.7 Å². The van der Waals surface area contributed by atoms with Crippen LogP contribution >= 0.6 is 11.6 Å². The lowest BCUT2D eigenvalue weighted by Gasteiger charge is -2.12. The Morgan fingerprint density at radius 1 is 0.923 bits per heavy atom. The van der Waals surface area contributed by atoms with Gasteiger partial charge >= 0.3 is 6.18 Å². The van der Waals surface area contributed by atoms with Gasteiger partial charge in [-0.15, -0.1) is 0 Å². The Labute approximate surface area is 149 Å². The fraction of sp³-hybridized carbons (Fsp3) is 0.176. The summed E-state index contributed by atoms with van der Waals surface area (Å²) in [5.74, 6) is 0.171. The summed E-state index contributed by atoms with van der Waals surface area (Å²) in [5.41, 5.74) is -1.67. The maximum Gasteiger partial charge on any atom is 0.416 e. The number of ether oxygens (including phenoxy) is 1. The van der Waals surface area contributed by atoms with Crippen molar-refractivity contribution in [3.63, 3.8) is 0 Å². The number of aromatic nitrogens is 2. The van der Waals surface area contributed by atoms with E-state index in [9.17, 15) is 22.8 Å². The molecule has 0 saturated carbocycles. The number of halogens is 4. The van der Waals surface area contributed by atoms with Crippen LogP contribution in [0.5, 0.6) is 11.5 Å². The van der Waals surface area contributed by atoms with E-state index in [0.717, 1.165) is 22.9 Å². The van der Waals surface area contributed by atoms with Crippen LogP contribution in [0, 0.1) is 0 Å². The molecular formula is C17H12ClF3N2O3. The molecule has 0 amide bonds. The van der Waals surface area contributed by atoms with Gasteiger partial charge in [-0.3, -0.25) is 19.0 Å². The summed E-state index contributed by atoms with van der Waals surface area (Å²) >= 11 is 5.86. The van der Waals surface area contributed by atoms with Crippen LogP contribution < -0.4 is 15.9 Å². The average Bonchev–Trinajstić information content (AvgIpc) is 2.59. The van der Waals surface area contributed by atoms with E-state index in [1.165, 1.54) is 37.0 Å². The topological polar surface area (TPSA) is 53.2 Å². The molecule has 0 bridgehead atoms. The molecule has 0 saturated heterocycles. The van der Waals surface area contributed by atoms with Crippen LogP contribution in [-0.2, 0) is 20.3 Å². The van der Waals surface area contributed by atoms with E-state index < -0.39 is 17.3 Å². The highest BCUT2D eigenvalue weighted by molar-refractivity contribution is 6.32. The highest BCUT2D eigenvalue weighted by Gasteiger charge is 2.31. The predicted octanol–water partition coefficient (Wildman–Crippen LogP) is 3.70. The van der Waals surface area contributed by atoms with Crippen molar-refractivity contribution >= 4 is 22.4 Å². The zero-order valence-electron chi connectivity index (χ0n) is 13.6. The van der Waals surface area contributed by atoms with Crippen molar-refractivity contribution in [2.24, 2.45) is 14.1 Å². The van der Waals surface area contributed by atoms with Gasteiger partial charge in [-0.2, -0.15) is 13.2 Å². The summed E-state index contributed by atoms with van der Waals surface area (Å²) in [6, 6.07) is 6.91. The van der Waals surface area contributed by atoms with Gasteiger partial charge in [0, 0.05) is 14.1 Å². The SMILES string of the molecule is Cn1c(=O)c2ccc(Oc3ccc(C(F)(F)F)cc3Cl)cc2c(=O)n1C. The van der Waals surface area contributed by atoms with Gasteiger partial charge in [-0.25, -0.2) is 0 Å². The molecule has 0 spiro atoms. The quantitative estimate of drug-likeness (QED) is 0.677. The molecule has 1 aromatic heterocycles. The molecule has 0 fully saturated rings. The summed E-state index contributed by atoms with van der Waals surface area (Å²) in [6.45, 7) is 0. The summed E-state index contributed by atoms with van der Waals surface area (Å²) in [7, 11) is 2.92. The predicted molar refractivity (Wildman–Crippen MR) is 91.0 cm³/mol. The number of hydrogen-bond acceptors (Lipinski definition) is 3. The van der Waals surface area contributed by atoms with Crippen molar-refractivity contribution in [2.45, 2.75) is 6.18 Å². The Bertz CT molecular complexity index is 1130. The maximum absolute atomic E-state index is 12.7. The van der Waals surface area contributed by atoms with Crippen molar-refractivity contribution < 1.29 is 17.9 Å². The molecule has 5 nitrogen and oxygen atoms in total. The van der Waals surface area contributed by atoms with Crippen molar-refractivity contribution in [1.82, 2.24) is 9.36 Å². The number of nitrogens with zero attached hydrogens (tertiary/aromatic N) is 2. The highest BCUT2D eigenvalue weighted by Crippen LogP contribution is 2.36. The number of benzene rings is 2. The lowest BCUT2D eigenvalue weighted by atomic mass is 10.2. The maximum atomic E-state index is 12.7. The van der Waals surface area contributed by atoms with Crippen LogP contribution in [0.3, 0.4) is 0 Å². The smallest absolute Gasteiger partial charge is 0.416 e. The van der Waals surface area contributed by atoms with Gasteiger partial charge in [0.25, 0.3) is 11.1 Å². The number of alkyl halides is 3. The largest absolute Gasteiger partial charge is 0.456 e. The van der Waals surface area contributed by atoms with Crippen LogP contribution in [0.15, 0.2) is 46.0 Å². The number of rotatable bonds is 2. The molecule has 0 N–H and O–H groups in total. The standard InChI is InChI=1S/C17H12ClF3N2O3/c1-22-15(24)11-5-4-10(8-12(11)16(25)23(22)2)26-14-6-3-9(7-13(14)18)17(19,20)21/h3-8H,1-2H3. The molecule has 0 aliphatic carbocycles. The van der Waals surface area contributed by atoms with Crippen LogP contribution in [0.1, 0.15) is 5.56 Å². The molecular weight excluding hydrogens is 373 g/mol. The average molecular weight is 385 g/mol. The monoisotopic (exact) mass is 384 g/mol. The van der Waals surface area contributed by atoms with Gasteiger partial charge in [0.05, 0.1) is 21.4 Å². The lowest BCUT2D eigenvalue weighted by molar-refractivity contribution is -0.137. The Balaban J connectivity index is 2.05. The van der Waals surface area contributed by atoms with Crippen LogP contribution in [0.25, 0.3) is 10.8 Å². The second kappa shape index (κ2) is 6.21. The zero-order chi connectivity index (χ0) is 19.2. The van der Waals surface area contributed by atoms with E-state index in [-0.39, 0.29) is 32.9 Å². The van der Waals surface area contributed by atoms with E-state index in [1.54, 1.807) is 0 Å². The van der Waals surface area contributed by atoms with E-state index in [2.05, 4.69) is 0 Å². The lowest BCUT2D eigenvalue weighted by Crippen LogP contribution is -2.35. The molecule has 1 heterocycles. The van der Waals surface area contributed by atoms with E-state index in [4.69, 9.17) is 16.3 Å². The molecule has 0 unspecified atom stereocenters. The summed E-state index contributed by atoms with van der Waals surface area (Å²) < 4.78 is 45.9. The molecule has 3 rings (SSSR count). The third-order valence-corrected chi connectivity index (χ3v) is 4.27. The Morgan fingerprint density at radius 2 is 1.54 bits per heavy atom. The van der Waals surface area contributed by atoms with Gasteiger partial charge in [-0.05, 0) is 36.4 Å². The number of hydrogen-bond donors (Lipinski definition) is 0. The Kier molecular flexibility index (Phi) is 4.31. The van der Waals surface area contributed by atoms with Crippen molar-refractivity contribution in [3.8, 4) is 11.5 Å². The second-order valence-electron chi connectivity index (χ2n) is 5.61. The minimum Gasteiger partial charge on any atom is -0.456 e. The third kappa shape index (κ3) is 3.08. The van der Waals surface area contributed by atoms with Crippen molar-refractivity contribution in [2.75, 3.05) is 0 Å². The second-order valence-corrected chi connectivity index (χ2v) is 6.02. The minimum absolute atomic E-state index is 0.000302. The molecule has 0 aliphatic rings. The van der Waals surface area contributed by atoms with Gasteiger partial charge in [0.2, 0.25) is 0 Å². The van der Waals surface area contributed by atoms with E-state index >= 15 is 0 Å². The normalized spacial score (nSPS) is 11.8. The molecule has 0 radical (unpaired) electrons. The first-order valence-corrected chi connectivity index (χ1v) is 7.72. The fourth-order valence-electron chi connectivity index (χ4n) is 2.46. The molecule has 9 heteroatoms. The molecule has 3 aromatic rings. The highest BCUT2D eigenvalue weighted by atomic mass is 35.5. The summed E-state index contributed by atoms with van der Waals surface area (Å²) in [5, 5.41) is 0.120. The van der Waals surface area contributed by atoms with Crippen molar-refractivity contribution in [1.29, 1.82) is 0 Å². The third-order valence-electron chi connectivity index (χ3n) is 3.98. The van der Waals surface area contributed by atoms with E-state index in [0.29, 0.717) is 0 Å². The zero-order valence-corrected chi connectivity index (χ0v) is 14.4. The van der Waals surface area contributed by atoms with Crippen LogP contribution in [-0.4, -0.2) is 9.36 Å². The molecule has 2 aromatic carbocycles. The minimum atomic E-state index is -4.52. The number of fused-ring (bicyclic) bond motifs is 1. The van der Waals surface area contributed by atoms with Gasteiger partial charge in [0.1, 0.15) is 11.5 Å². The molecule has 136 valence electrons. The molecule has 26 heavy (non-hydrogen) atoms. The van der Waals surface area contributed by atoms with Crippen LogP contribution in [0.2, 0.25) is 5.02 Å². The van der Waals surface area contributed by atoms with E-state index in [1.807, 2.05) is 0 Å². The van der Waals surface area contributed by atoms with Gasteiger partial charge in [-0.1, -0.05) is 11.6 Å². The first-order chi connectivity index (χ1) is 12.1. The first kappa shape index (κ1) is 18.1. The molecule has 0 aliphatic heterocycles. The van der Waals surface area contributed by atoms with Gasteiger partial charge in [0.15, 0.2) is 0 Å². The first-order valence-electron chi connectivity index (χ1n) is 7.34. The Hall–Kier alpha value is -2.74. The summed E-state index contributed by atoms with van der Waals surface area (Å²) in [4.78, 5) is 24.5. The summed E-state index contributed by atoms with van der Waals surface area (Å²) in [6.07, 6.45) is -4.52. The fourth-order valence-corrected chi connectivity index (χ4v) is 2.68. The Morgan fingerprint density at radius 3 is 2.12 bits per heavy atom. The van der Waals surface area contributed by atoms with Gasteiger partial charge < -0.3 is 4.74 Å². The van der Waals surface area contributed by atoms with Crippen LogP contribution in [0.4, 0.5) is 13.2 Å². The molecule has 0 atom stereocenters.